The zero-order valence-corrected chi connectivity index (χ0v) is 19.2. The molecule has 1 aromatic heterocycles. The first-order chi connectivity index (χ1) is 15.0. The second kappa shape index (κ2) is 10.3. The van der Waals surface area contributed by atoms with Crippen molar-refractivity contribution in [3.63, 3.8) is 0 Å². The number of amides is 1. The number of benzene rings is 2. The number of ether oxygens (including phenoxy) is 3. The number of rotatable bonds is 9. The highest BCUT2D eigenvalue weighted by atomic mass is 32.1. The SMILES string of the molecule is COc1cccc([C@H](CNC(=O)c2csc(-c3ccc(OC)c(OC)c3)n2)N(C)C)c1. The maximum atomic E-state index is 12.7. The number of nitrogens with one attached hydrogen (secondary N) is 1. The predicted octanol–water partition coefficient (Wildman–Crippen LogP) is 3.87. The Kier molecular flexibility index (Phi) is 7.49. The monoisotopic (exact) mass is 441 g/mol. The number of methoxy groups -OCH3 is 3. The van der Waals surface area contributed by atoms with E-state index in [-0.39, 0.29) is 11.9 Å². The molecule has 1 N–H and O–H groups in total. The molecule has 1 amide bonds. The Balaban J connectivity index is 1.71. The summed E-state index contributed by atoms with van der Waals surface area (Å²) in [5.41, 5.74) is 2.32. The van der Waals surface area contributed by atoms with Crippen molar-refractivity contribution in [2.45, 2.75) is 6.04 Å². The summed E-state index contributed by atoms with van der Waals surface area (Å²) in [6.07, 6.45) is 0. The van der Waals surface area contributed by atoms with E-state index < -0.39 is 0 Å². The third-order valence-electron chi connectivity index (χ3n) is 4.93. The number of likely N-dealkylation sites (N-methyl/N-ethyl adjacent to an activating group) is 1. The average Bonchev–Trinajstić information content (AvgIpc) is 3.29. The maximum absolute atomic E-state index is 12.7. The van der Waals surface area contributed by atoms with Crippen LogP contribution in [0.3, 0.4) is 0 Å². The molecule has 3 aromatic rings. The summed E-state index contributed by atoms with van der Waals surface area (Å²) >= 11 is 1.41. The minimum absolute atomic E-state index is 0.00278. The maximum Gasteiger partial charge on any atom is 0.270 e. The van der Waals surface area contributed by atoms with Crippen molar-refractivity contribution in [2.75, 3.05) is 42.0 Å². The van der Waals surface area contributed by atoms with Gasteiger partial charge in [0.1, 0.15) is 16.5 Å². The van der Waals surface area contributed by atoms with Crippen LogP contribution >= 0.6 is 11.3 Å². The van der Waals surface area contributed by atoms with Crippen LogP contribution in [0.4, 0.5) is 0 Å². The van der Waals surface area contributed by atoms with Gasteiger partial charge in [0.2, 0.25) is 0 Å². The molecule has 1 atom stereocenters. The highest BCUT2D eigenvalue weighted by Crippen LogP contribution is 2.33. The van der Waals surface area contributed by atoms with Gasteiger partial charge in [-0.3, -0.25) is 4.79 Å². The number of thiazole rings is 1. The van der Waals surface area contributed by atoms with Gasteiger partial charge in [-0.15, -0.1) is 11.3 Å². The molecular formula is C23H27N3O4S. The van der Waals surface area contributed by atoms with Crippen LogP contribution in [0.25, 0.3) is 10.6 Å². The fourth-order valence-corrected chi connectivity index (χ4v) is 4.00. The Labute approximate surface area is 186 Å². The number of nitrogens with zero attached hydrogens (tertiary/aromatic N) is 2. The van der Waals surface area contributed by atoms with Crippen LogP contribution in [0.1, 0.15) is 22.1 Å². The van der Waals surface area contributed by atoms with E-state index in [0.29, 0.717) is 23.7 Å². The normalized spacial score (nSPS) is 11.8. The van der Waals surface area contributed by atoms with Crippen LogP contribution in [0, 0.1) is 0 Å². The molecule has 0 aliphatic heterocycles. The van der Waals surface area contributed by atoms with Crippen LogP contribution in [0.5, 0.6) is 17.2 Å². The smallest absolute Gasteiger partial charge is 0.270 e. The second-order valence-corrected chi connectivity index (χ2v) is 7.93. The molecule has 0 fully saturated rings. The molecule has 0 radical (unpaired) electrons. The first-order valence-electron chi connectivity index (χ1n) is 9.73. The fourth-order valence-electron chi connectivity index (χ4n) is 3.21. The minimum Gasteiger partial charge on any atom is -0.497 e. The Morgan fingerprint density at radius 3 is 2.52 bits per heavy atom. The van der Waals surface area contributed by atoms with Crippen LogP contribution < -0.4 is 19.5 Å². The zero-order chi connectivity index (χ0) is 22.4. The van der Waals surface area contributed by atoms with Crippen molar-refractivity contribution >= 4 is 17.2 Å². The van der Waals surface area contributed by atoms with Gasteiger partial charge in [-0.1, -0.05) is 12.1 Å². The number of hydrogen-bond acceptors (Lipinski definition) is 7. The first-order valence-corrected chi connectivity index (χ1v) is 10.6. The summed E-state index contributed by atoms with van der Waals surface area (Å²) in [6, 6.07) is 13.4. The minimum atomic E-state index is -0.210. The van der Waals surface area contributed by atoms with Gasteiger partial charge in [-0.2, -0.15) is 0 Å². The molecule has 8 heteroatoms. The summed E-state index contributed by atoms with van der Waals surface area (Å²) in [4.78, 5) is 19.3. The van der Waals surface area contributed by atoms with Crippen molar-refractivity contribution in [1.82, 2.24) is 15.2 Å². The Morgan fingerprint density at radius 2 is 1.84 bits per heavy atom. The third kappa shape index (κ3) is 5.34. The third-order valence-corrected chi connectivity index (χ3v) is 5.82. The quantitative estimate of drug-likeness (QED) is 0.544. The van der Waals surface area contributed by atoms with Gasteiger partial charge in [-0.25, -0.2) is 4.98 Å². The molecule has 164 valence electrons. The van der Waals surface area contributed by atoms with E-state index in [9.17, 15) is 4.79 Å². The Bertz CT molecular complexity index is 1040. The molecule has 0 spiro atoms. The van der Waals surface area contributed by atoms with Crippen LogP contribution in [0.2, 0.25) is 0 Å². The van der Waals surface area contributed by atoms with Gasteiger partial charge in [0.05, 0.1) is 27.4 Å². The molecule has 0 unspecified atom stereocenters. The van der Waals surface area contributed by atoms with Gasteiger partial charge >= 0.3 is 0 Å². The lowest BCUT2D eigenvalue weighted by atomic mass is 10.1. The van der Waals surface area contributed by atoms with Crippen LogP contribution in [0.15, 0.2) is 47.8 Å². The molecule has 1 heterocycles. The topological polar surface area (TPSA) is 72.9 Å². The summed E-state index contributed by atoms with van der Waals surface area (Å²) < 4.78 is 16.0. The predicted molar refractivity (Wildman–Crippen MR) is 122 cm³/mol. The van der Waals surface area contributed by atoms with Gasteiger partial charge in [0.25, 0.3) is 5.91 Å². The number of aromatic nitrogens is 1. The van der Waals surface area contributed by atoms with Gasteiger partial charge in [0.15, 0.2) is 11.5 Å². The average molecular weight is 442 g/mol. The second-order valence-electron chi connectivity index (χ2n) is 7.07. The molecule has 2 aromatic carbocycles. The Hall–Kier alpha value is -3.10. The molecule has 0 aliphatic rings. The molecule has 0 bridgehead atoms. The molecule has 0 saturated heterocycles. The molecule has 0 aliphatic carbocycles. The number of hydrogen-bond donors (Lipinski definition) is 1. The van der Waals surface area contributed by atoms with Gasteiger partial charge in [-0.05, 0) is 50.0 Å². The standard InChI is InChI=1S/C23H27N3O4S/c1-26(2)19(15-7-6-8-17(11-15)28-3)13-24-22(27)18-14-31-23(25-18)16-9-10-20(29-4)21(12-16)30-5/h6-12,14,19H,13H2,1-5H3,(H,24,27)/t19-/m0/s1. The van der Waals surface area contributed by atoms with Crippen molar-refractivity contribution in [2.24, 2.45) is 0 Å². The summed E-state index contributed by atoms with van der Waals surface area (Å²) in [6.45, 7) is 0.447. The Morgan fingerprint density at radius 1 is 1.06 bits per heavy atom. The van der Waals surface area contributed by atoms with Crippen LogP contribution in [-0.2, 0) is 0 Å². The lowest BCUT2D eigenvalue weighted by molar-refractivity contribution is 0.0937. The van der Waals surface area contributed by atoms with Crippen molar-refractivity contribution < 1.29 is 19.0 Å². The van der Waals surface area contributed by atoms with Gasteiger partial charge < -0.3 is 24.4 Å². The van der Waals surface area contributed by atoms with Crippen molar-refractivity contribution in [1.29, 1.82) is 0 Å². The van der Waals surface area contributed by atoms with E-state index in [4.69, 9.17) is 14.2 Å². The first kappa shape index (κ1) is 22.6. The van der Waals surface area contributed by atoms with Gasteiger partial charge in [0, 0.05) is 17.5 Å². The van der Waals surface area contributed by atoms with E-state index in [1.54, 1.807) is 26.7 Å². The van der Waals surface area contributed by atoms with E-state index in [2.05, 4.69) is 15.2 Å². The van der Waals surface area contributed by atoms with Crippen molar-refractivity contribution in [3.05, 3.63) is 59.1 Å². The zero-order valence-electron chi connectivity index (χ0n) is 18.3. The number of carbonyl (C=O) groups is 1. The van der Waals surface area contributed by atoms with Crippen molar-refractivity contribution in [3.8, 4) is 27.8 Å². The lowest BCUT2D eigenvalue weighted by Crippen LogP contribution is -2.34. The number of carbonyl (C=O) groups excluding carboxylic acids is 1. The fraction of sp³-hybridized carbons (Fsp3) is 0.304. The van der Waals surface area contributed by atoms with E-state index in [0.717, 1.165) is 21.9 Å². The van der Waals surface area contributed by atoms with E-state index in [1.165, 1.54) is 11.3 Å². The largest absolute Gasteiger partial charge is 0.497 e. The molecule has 31 heavy (non-hydrogen) atoms. The molecule has 3 rings (SSSR count). The highest BCUT2D eigenvalue weighted by molar-refractivity contribution is 7.13. The molecule has 7 nitrogen and oxygen atoms in total. The van der Waals surface area contributed by atoms with E-state index in [1.807, 2.05) is 56.6 Å². The molecular weight excluding hydrogens is 414 g/mol. The van der Waals surface area contributed by atoms with Crippen LogP contribution in [-0.4, -0.2) is 57.8 Å². The summed E-state index contributed by atoms with van der Waals surface area (Å²) in [5, 5.41) is 5.50. The lowest BCUT2D eigenvalue weighted by Gasteiger charge is -2.25. The summed E-state index contributed by atoms with van der Waals surface area (Å²) in [7, 11) is 8.79. The molecule has 0 saturated carbocycles. The highest BCUT2D eigenvalue weighted by Gasteiger charge is 2.18. The van der Waals surface area contributed by atoms with E-state index >= 15 is 0 Å². The summed E-state index contributed by atoms with van der Waals surface area (Å²) in [5.74, 6) is 1.84.